The Morgan fingerprint density at radius 2 is 2.46 bits per heavy atom. The van der Waals surface area contributed by atoms with Gasteiger partial charge in [0.1, 0.15) is 0 Å². The molecule has 1 N–H and O–H groups in total. The fourth-order valence-corrected chi connectivity index (χ4v) is 2.80. The van der Waals surface area contributed by atoms with Crippen molar-refractivity contribution < 1.29 is 0 Å². The minimum absolute atomic E-state index is 0.475. The molecule has 0 spiro atoms. The second-order valence-corrected chi connectivity index (χ2v) is 4.39. The number of likely N-dealkylation sites (N-methyl/N-ethyl adjacent to an activating group) is 1. The minimum atomic E-state index is 0.475. The molecular formula is C11H15NS. The van der Waals surface area contributed by atoms with Gasteiger partial charge in [0.05, 0.1) is 6.04 Å². The average Bonchev–Trinajstić information content (AvgIpc) is 2.76. The van der Waals surface area contributed by atoms with E-state index in [1.807, 2.05) is 18.4 Å². The standard InChI is InChI=1S/C11H15NS/c1-12-11(9-5-2-3-6-9)10-7-4-8-13-10/h4-5,7-8,11-12H,2-3,6H2,1H3. The summed E-state index contributed by atoms with van der Waals surface area (Å²) < 4.78 is 0. The molecule has 0 aromatic carbocycles. The molecule has 0 fully saturated rings. The van der Waals surface area contributed by atoms with Crippen molar-refractivity contribution in [2.75, 3.05) is 7.05 Å². The molecule has 1 unspecified atom stereocenters. The monoisotopic (exact) mass is 193 g/mol. The van der Waals surface area contributed by atoms with Crippen LogP contribution in [0, 0.1) is 0 Å². The van der Waals surface area contributed by atoms with E-state index in [2.05, 4.69) is 28.9 Å². The van der Waals surface area contributed by atoms with Crippen molar-refractivity contribution in [1.82, 2.24) is 5.32 Å². The molecule has 1 atom stereocenters. The Balaban J connectivity index is 2.18. The molecule has 1 aromatic rings. The number of nitrogens with one attached hydrogen (secondary N) is 1. The molecule has 0 radical (unpaired) electrons. The van der Waals surface area contributed by atoms with E-state index in [4.69, 9.17) is 0 Å². The molecule has 2 heteroatoms. The van der Waals surface area contributed by atoms with E-state index in [9.17, 15) is 0 Å². The van der Waals surface area contributed by atoms with Crippen molar-refractivity contribution in [3.8, 4) is 0 Å². The summed E-state index contributed by atoms with van der Waals surface area (Å²) in [7, 11) is 2.05. The lowest BCUT2D eigenvalue weighted by molar-refractivity contribution is 0.666. The molecule has 1 aliphatic carbocycles. The normalized spacial score (nSPS) is 18.7. The van der Waals surface area contributed by atoms with Crippen LogP contribution in [0.5, 0.6) is 0 Å². The van der Waals surface area contributed by atoms with Gasteiger partial charge in [0.15, 0.2) is 0 Å². The summed E-state index contributed by atoms with van der Waals surface area (Å²) in [5.41, 5.74) is 1.57. The van der Waals surface area contributed by atoms with Gasteiger partial charge in [0.2, 0.25) is 0 Å². The van der Waals surface area contributed by atoms with E-state index in [1.54, 1.807) is 5.57 Å². The summed E-state index contributed by atoms with van der Waals surface area (Å²) in [6.45, 7) is 0. The van der Waals surface area contributed by atoms with Crippen LogP contribution in [0.15, 0.2) is 29.2 Å². The molecule has 0 saturated carbocycles. The van der Waals surface area contributed by atoms with Crippen LogP contribution in [-0.4, -0.2) is 7.05 Å². The van der Waals surface area contributed by atoms with Gasteiger partial charge in [-0.05, 0) is 37.8 Å². The Labute approximate surface area is 83.5 Å². The maximum Gasteiger partial charge on any atom is 0.0628 e. The first-order chi connectivity index (χ1) is 6.42. The molecule has 13 heavy (non-hydrogen) atoms. The van der Waals surface area contributed by atoms with Gasteiger partial charge in [-0.25, -0.2) is 0 Å². The molecule has 0 saturated heterocycles. The molecule has 0 aliphatic heterocycles. The Bertz CT molecular complexity index is 287. The summed E-state index contributed by atoms with van der Waals surface area (Å²) in [6, 6.07) is 4.81. The zero-order valence-corrected chi connectivity index (χ0v) is 8.73. The van der Waals surface area contributed by atoms with Gasteiger partial charge in [0, 0.05) is 4.88 Å². The molecule has 2 rings (SSSR count). The van der Waals surface area contributed by atoms with Crippen LogP contribution in [0.4, 0.5) is 0 Å². The molecule has 0 bridgehead atoms. The summed E-state index contributed by atoms with van der Waals surface area (Å²) >= 11 is 1.84. The molecule has 1 aliphatic rings. The van der Waals surface area contributed by atoms with Gasteiger partial charge in [-0.1, -0.05) is 17.7 Å². The van der Waals surface area contributed by atoms with Gasteiger partial charge in [-0.15, -0.1) is 11.3 Å². The average molecular weight is 193 g/mol. The Morgan fingerprint density at radius 3 is 3.00 bits per heavy atom. The van der Waals surface area contributed by atoms with E-state index in [-0.39, 0.29) is 0 Å². The van der Waals surface area contributed by atoms with Crippen LogP contribution in [0.3, 0.4) is 0 Å². The third-order valence-electron chi connectivity index (χ3n) is 2.56. The fourth-order valence-electron chi connectivity index (χ4n) is 1.92. The molecule has 0 amide bonds. The van der Waals surface area contributed by atoms with Gasteiger partial charge in [0.25, 0.3) is 0 Å². The van der Waals surface area contributed by atoms with Crippen LogP contribution in [0.1, 0.15) is 30.2 Å². The van der Waals surface area contributed by atoms with Crippen molar-refractivity contribution in [3.63, 3.8) is 0 Å². The highest BCUT2D eigenvalue weighted by Crippen LogP contribution is 2.32. The quantitative estimate of drug-likeness (QED) is 0.727. The number of rotatable bonds is 3. The highest BCUT2D eigenvalue weighted by Gasteiger charge is 2.17. The number of allylic oxidation sites excluding steroid dienone is 1. The van der Waals surface area contributed by atoms with E-state index in [1.165, 1.54) is 24.1 Å². The maximum atomic E-state index is 3.39. The Morgan fingerprint density at radius 1 is 1.54 bits per heavy atom. The van der Waals surface area contributed by atoms with Crippen molar-refractivity contribution in [3.05, 3.63) is 34.0 Å². The third-order valence-corrected chi connectivity index (χ3v) is 3.50. The van der Waals surface area contributed by atoms with Gasteiger partial charge < -0.3 is 5.32 Å². The summed E-state index contributed by atoms with van der Waals surface area (Å²) in [5, 5.41) is 5.54. The lowest BCUT2D eigenvalue weighted by Gasteiger charge is -2.15. The molecular weight excluding hydrogens is 178 g/mol. The lowest BCUT2D eigenvalue weighted by atomic mass is 10.1. The highest BCUT2D eigenvalue weighted by atomic mass is 32.1. The Kier molecular flexibility index (Phi) is 2.81. The van der Waals surface area contributed by atoms with Crippen LogP contribution in [-0.2, 0) is 0 Å². The van der Waals surface area contributed by atoms with Crippen LogP contribution >= 0.6 is 11.3 Å². The Hall–Kier alpha value is -0.600. The van der Waals surface area contributed by atoms with Crippen LogP contribution < -0.4 is 5.32 Å². The molecule has 70 valence electrons. The van der Waals surface area contributed by atoms with E-state index in [0.29, 0.717) is 6.04 Å². The molecule has 1 nitrogen and oxygen atoms in total. The zero-order valence-electron chi connectivity index (χ0n) is 7.92. The molecule has 1 heterocycles. The summed E-state index contributed by atoms with van der Waals surface area (Å²) in [5.74, 6) is 0. The first-order valence-corrected chi connectivity index (χ1v) is 5.69. The largest absolute Gasteiger partial charge is 0.309 e. The van der Waals surface area contributed by atoms with Gasteiger partial charge >= 0.3 is 0 Å². The zero-order chi connectivity index (χ0) is 9.10. The predicted molar refractivity (Wildman–Crippen MR) is 58.1 cm³/mol. The predicted octanol–water partition coefficient (Wildman–Crippen LogP) is 3.12. The van der Waals surface area contributed by atoms with Crippen LogP contribution in [0.2, 0.25) is 0 Å². The topological polar surface area (TPSA) is 12.0 Å². The van der Waals surface area contributed by atoms with Crippen molar-refractivity contribution in [2.45, 2.75) is 25.3 Å². The number of hydrogen-bond donors (Lipinski definition) is 1. The number of hydrogen-bond acceptors (Lipinski definition) is 2. The van der Waals surface area contributed by atoms with E-state index < -0.39 is 0 Å². The first-order valence-electron chi connectivity index (χ1n) is 4.81. The van der Waals surface area contributed by atoms with Crippen molar-refractivity contribution in [1.29, 1.82) is 0 Å². The first kappa shape index (κ1) is 8.97. The van der Waals surface area contributed by atoms with E-state index >= 15 is 0 Å². The fraction of sp³-hybridized carbons (Fsp3) is 0.455. The van der Waals surface area contributed by atoms with Crippen molar-refractivity contribution >= 4 is 11.3 Å². The van der Waals surface area contributed by atoms with Gasteiger partial charge in [-0.3, -0.25) is 0 Å². The second-order valence-electron chi connectivity index (χ2n) is 3.41. The molecule has 1 aromatic heterocycles. The van der Waals surface area contributed by atoms with Crippen molar-refractivity contribution in [2.24, 2.45) is 0 Å². The van der Waals surface area contributed by atoms with E-state index in [0.717, 1.165) is 0 Å². The van der Waals surface area contributed by atoms with Gasteiger partial charge in [-0.2, -0.15) is 0 Å². The summed E-state index contributed by atoms with van der Waals surface area (Å²) in [6.07, 6.45) is 6.25. The SMILES string of the molecule is CNC(C1=CCCC1)c1cccs1. The highest BCUT2D eigenvalue weighted by molar-refractivity contribution is 7.10. The number of thiophene rings is 1. The maximum absolute atomic E-state index is 3.39. The summed E-state index contributed by atoms with van der Waals surface area (Å²) in [4.78, 5) is 1.44. The minimum Gasteiger partial charge on any atom is -0.309 e. The lowest BCUT2D eigenvalue weighted by Crippen LogP contribution is -2.16. The van der Waals surface area contributed by atoms with Crippen LogP contribution in [0.25, 0.3) is 0 Å². The smallest absolute Gasteiger partial charge is 0.0628 e. The third kappa shape index (κ3) is 1.84. The second kappa shape index (κ2) is 4.07.